The second-order valence-corrected chi connectivity index (χ2v) is 4.87. The molecule has 3 unspecified atom stereocenters. The van der Waals surface area contributed by atoms with E-state index in [1.54, 1.807) is 0 Å². The van der Waals surface area contributed by atoms with Gasteiger partial charge in [-0.25, -0.2) is 0 Å². The molecule has 0 aromatic rings. The van der Waals surface area contributed by atoms with Crippen LogP contribution in [0.3, 0.4) is 0 Å². The molecule has 3 nitrogen and oxygen atoms in total. The molecule has 3 atom stereocenters. The SMILES string of the molecule is CCC(C)C(C)N1CCC(CC(=O)O)C1. The Balaban J connectivity index is 2.38. The predicted molar refractivity (Wildman–Crippen MR) is 60.8 cm³/mol. The third-order valence-electron chi connectivity index (χ3n) is 3.82. The zero-order valence-electron chi connectivity index (χ0n) is 10.1. The van der Waals surface area contributed by atoms with E-state index in [9.17, 15) is 4.79 Å². The summed E-state index contributed by atoms with van der Waals surface area (Å²) in [6, 6.07) is 0.591. The highest BCUT2D eigenvalue weighted by Gasteiger charge is 2.29. The minimum atomic E-state index is -0.655. The van der Waals surface area contributed by atoms with Crippen LogP contribution in [0, 0.1) is 11.8 Å². The van der Waals surface area contributed by atoms with Crippen LogP contribution in [-0.2, 0) is 4.79 Å². The number of nitrogens with zero attached hydrogens (tertiary/aromatic N) is 1. The van der Waals surface area contributed by atoms with Gasteiger partial charge in [0.2, 0.25) is 0 Å². The van der Waals surface area contributed by atoms with E-state index in [-0.39, 0.29) is 0 Å². The molecule has 1 N–H and O–H groups in total. The molecular formula is C12H23NO2. The molecule has 88 valence electrons. The number of carbonyl (C=O) groups is 1. The maximum absolute atomic E-state index is 10.6. The molecule has 1 rings (SSSR count). The van der Waals surface area contributed by atoms with Crippen LogP contribution >= 0.6 is 0 Å². The van der Waals surface area contributed by atoms with Gasteiger partial charge in [-0.2, -0.15) is 0 Å². The molecule has 0 amide bonds. The van der Waals surface area contributed by atoms with Crippen molar-refractivity contribution >= 4 is 5.97 Å². The van der Waals surface area contributed by atoms with E-state index < -0.39 is 5.97 Å². The molecule has 3 heteroatoms. The molecule has 0 aromatic heterocycles. The van der Waals surface area contributed by atoms with Gasteiger partial charge in [-0.1, -0.05) is 20.3 Å². The number of likely N-dealkylation sites (tertiary alicyclic amines) is 1. The largest absolute Gasteiger partial charge is 0.481 e. The second kappa shape index (κ2) is 5.50. The first-order valence-corrected chi connectivity index (χ1v) is 6.00. The van der Waals surface area contributed by atoms with Gasteiger partial charge in [0.1, 0.15) is 0 Å². The average molecular weight is 213 g/mol. The lowest BCUT2D eigenvalue weighted by atomic mass is 9.99. The van der Waals surface area contributed by atoms with Crippen molar-refractivity contribution in [3.05, 3.63) is 0 Å². The number of rotatable bonds is 5. The lowest BCUT2D eigenvalue weighted by Crippen LogP contribution is -2.35. The van der Waals surface area contributed by atoms with Crippen molar-refractivity contribution in [2.75, 3.05) is 13.1 Å². The van der Waals surface area contributed by atoms with E-state index in [0.717, 1.165) is 19.5 Å². The fraction of sp³-hybridized carbons (Fsp3) is 0.917. The summed E-state index contributed by atoms with van der Waals surface area (Å²) < 4.78 is 0. The van der Waals surface area contributed by atoms with Crippen molar-refractivity contribution in [2.24, 2.45) is 11.8 Å². The standard InChI is InChI=1S/C12H23NO2/c1-4-9(2)10(3)13-6-5-11(8-13)7-12(14)15/h9-11H,4-8H2,1-3H3,(H,14,15). The van der Waals surface area contributed by atoms with Crippen LogP contribution in [0.5, 0.6) is 0 Å². The summed E-state index contributed by atoms with van der Waals surface area (Å²) in [6.45, 7) is 8.79. The number of carboxylic acids is 1. The van der Waals surface area contributed by atoms with E-state index >= 15 is 0 Å². The predicted octanol–water partition coefficient (Wildman–Crippen LogP) is 2.22. The maximum atomic E-state index is 10.6. The van der Waals surface area contributed by atoms with Crippen LogP contribution in [0.2, 0.25) is 0 Å². The lowest BCUT2D eigenvalue weighted by molar-refractivity contribution is -0.138. The molecule has 0 aliphatic carbocycles. The summed E-state index contributed by atoms with van der Waals surface area (Å²) in [5.74, 6) is 0.417. The summed E-state index contributed by atoms with van der Waals surface area (Å²) in [5.41, 5.74) is 0. The molecule has 0 aromatic carbocycles. The smallest absolute Gasteiger partial charge is 0.303 e. The van der Waals surface area contributed by atoms with Gasteiger partial charge in [-0.15, -0.1) is 0 Å². The van der Waals surface area contributed by atoms with Crippen molar-refractivity contribution in [3.8, 4) is 0 Å². The molecule has 0 bridgehead atoms. The number of aliphatic carboxylic acids is 1. The Kier molecular flexibility index (Phi) is 4.58. The maximum Gasteiger partial charge on any atom is 0.303 e. The number of hydrogen-bond donors (Lipinski definition) is 1. The quantitative estimate of drug-likeness (QED) is 0.761. The molecular weight excluding hydrogens is 190 g/mol. The van der Waals surface area contributed by atoms with Gasteiger partial charge >= 0.3 is 5.97 Å². The monoisotopic (exact) mass is 213 g/mol. The topological polar surface area (TPSA) is 40.5 Å². The summed E-state index contributed by atoms with van der Waals surface area (Å²) >= 11 is 0. The van der Waals surface area contributed by atoms with Crippen molar-refractivity contribution in [3.63, 3.8) is 0 Å². The van der Waals surface area contributed by atoms with Crippen LogP contribution < -0.4 is 0 Å². The minimum absolute atomic E-state index is 0.337. The van der Waals surface area contributed by atoms with Crippen LogP contribution in [0.4, 0.5) is 0 Å². The van der Waals surface area contributed by atoms with Crippen molar-refractivity contribution < 1.29 is 9.90 Å². The first-order chi connectivity index (χ1) is 7.04. The van der Waals surface area contributed by atoms with Gasteiger partial charge in [-0.3, -0.25) is 4.79 Å². The Morgan fingerprint density at radius 2 is 2.20 bits per heavy atom. The zero-order valence-corrected chi connectivity index (χ0v) is 10.1. The molecule has 0 saturated carbocycles. The van der Waals surface area contributed by atoms with E-state index in [1.807, 2.05) is 0 Å². The normalized spacial score (nSPS) is 26.5. The fourth-order valence-corrected chi connectivity index (χ4v) is 2.35. The summed E-state index contributed by atoms with van der Waals surface area (Å²) in [4.78, 5) is 13.0. The number of carboxylic acid groups (broad SMARTS) is 1. The molecule has 15 heavy (non-hydrogen) atoms. The van der Waals surface area contributed by atoms with Gasteiger partial charge in [0.05, 0.1) is 0 Å². The molecule has 0 spiro atoms. The zero-order chi connectivity index (χ0) is 11.4. The number of hydrogen-bond acceptors (Lipinski definition) is 2. The molecule has 1 fully saturated rings. The summed E-state index contributed by atoms with van der Waals surface area (Å²) in [5, 5.41) is 8.74. The highest BCUT2D eigenvalue weighted by atomic mass is 16.4. The Morgan fingerprint density at radius 3 is 2.73 bits per heavy atom. The molecule has 1 aliphatic heterocycles. The highest BCUT2D eigenvalue weighted by molar-refractivity contribution is 5.67. The third kappa shape index (κ3) is 3.49. The van der Waals surface area contributed by atoms with Crippen LogP contribution in [0.1, 0.15) is 40.0 Å². The van der Waals surface area contributed by atoms with Crippen LogP contribution in [0.15, 0.2) is 0 Å². The van der Waals surface area contributed by atoms with Gasteiger partial charge in [0.25, 0.3) is 0 Å². The van der Waals surface area contributed by atoms with Gasteiger partial charge < -0.3 is 10.0 Å². The van der Waals surface area contributed by atoms with Crippen molar-refractivity contribution in [1.82, 2.24) is 4.90 Å². The Bertz CT molecular complexity index is 218. The second-order valence-electron chi connectivity index (χ2n) is 4.87. The Morgan fingerprint density at radius 1 is 1.53 bits per heavy atom. The molecule has 1 heterocycles. The van der Waals surface area contributed by atoms with E-state index in [2.05, 4.69) is 25.7 Å². The van der Waals surface area contributed by atoms with Gasteiger partial charge in [-0.05, 0) is 31.7 Å². The van der Waals surface area contributed by atoms with Crippen molar-refractivity contribution in [1.29, 1.82) is 0 Å². The molecule has 1 aliphatic rings. The van der Waals surface area contributed by atoms with E-state index in [0.29, 0.717) is 24.3 Å². The molecule has 1 saturated heterocycles. The molecule has 0 radical (unpaired) electrons. The summed E-state index contributed by atoms with van der Waals surface area (Å²) in [7, 11) is 0. The van der Waals surface area contributed by atoms with Crippen molar-refractivity contribution in [2.45, 2.75) is 46.1 Å². The van der Waals surface area contributed by atoms with Gasteiger partial charge in [0, 0.05) is 19.0 Å². The Labute approximate surface area is 92.5 Å². The van der Waals surface area contributed by atoms with Crippen LogP contribution in [-0.4, -0.2) is 35.1 Å². The first-order valence-electron chi connectivity index (χ1n) is 6.00. The minimum Gasteiger partial charge on any atom is -0.481 e. The van der Waals surface area contributed by atoms with E-state index in [4.69, 9.17) is 5.11 Å². The lowest BCUT2D eigenvalue weighted by Gasteiger charge is -2.29. The van der Waals surface area contributed by atoms with E-state index in [1.165, 1.54) is 6.42 Å². The highest BCUT2D eigenvalue weighted by Crippen LogP contribution is 2.25. The van der Waals surface area contributed by atoms with Crippen LogP contribution in [0.25, 0.3) is 0 Å². The first kappa shape index (κ1) is 12.5. The average Bonchev–Trinajstić information content (AvgIpc) is 2.63. The Hall–Kier alpha value is -0.570. The third-order valence-corrected chi connectivity index (χ3v) is 3.82. The summed E-state index contributed by atoms with van der Waals surface area (Å²) in [6.07, 6.45) is 2.58. The van der Waals surface area contributed by atoms with Gasteiger partial charge in [0.15, 0.2) is 0 Å². The fourth-order valence-electron chi connectivity index (χ4n) is 2.35.